The van der Waals surface area contributed by atoms with Crippen LogP contribution < -0.4 is 0 Å². The molecule has 0 radical (unpaired) electrons. The molecule has 0 amide bonds. The van der Waals surface area contributed by atoms with E-state index in [0.717, 1.165) is 5.92 Å². The zero-order chi connectivity index (χ0) is 20.5. The molecule has 0 aromatic carbocycles. The minimum Gasteiger partial charge on any atom is -0.103 e. The lowest BCUT2D eigenvalue weighted by Gasteiger charge is -2.11. The van der Waals surface area contributed by atoms with Gasteiger partial charge in [0.05, 0.1) is 0 Å². The second kappa shape index (κ2) is 24.8. The lowest BCUT2D eigenvalue weighted by molar-refractivity contribution is 0.430. The molecule has 0 aliphatic heterocycles. The number of rotatable bonds is 24. The van der Waals surface area contributed by atoms with Crippen molar-refractivity contribution >= 4 is 0 Å². The molecule has 0 saturated heterocycles. The molecule has 0 saturated carbocycles. The second-order valence-electron chi connectivity index (χ2n) is 9.48. The average Bonchev–Trinajstić information content (AvgIpc) is 2.70. The Morgan fingerprint density at radius 2 is 0.821 bits per heavy atom. The molecule has 0 spiro atoms. The predicted octanol–water partition coefficient (Wildman–Crippen LogP) is 10.8. The molecule has 0 nitrogen and oxygen atoms in total. The molecule has 0 N–H and O–H groups in total. The molecule has 0 aromatic rings. The summed E-state index contributed by atoms with van der Waals surface area (Å²) < 4.78 is 0. The van der Waals surface area contributed by atoms with E-state index in [-0.39, 0.29) is 0 Å². The van der Waals surface area contributed by atoms with E-state index >= 15 is 0 Å². The lowest BCUT2D eigenvalue weighted by Crippen LogP contribution is -1.95. The highest BCUT2D eigenvalue weighted by molar-refractivity contribution is 4.65. The normalized spacial score (nSPS) is 12.4. The molecule has 28 heavy (non-hydrogen) atoms. The Hall–Kier alpha value is -0.260. The highest BCUT2D eigenvalue weighted by Crippen LogP contribution is 2.19. The highest BCUT2D eigenvalue weighted by Gasteiger charge is 2.02. The van der Waals surface area contributed by atoms with Gasteiger partial charge < -0.3 is 0 Å². The number of hydrogen-bond donors (Lipinski definition) is 0. The van der Waals surface area contributed by atoms with Gasteiger partial charge in [0.25, 0.3) is 0 Å². The van der Waals surface area contributed by atoms with Crippen molar-refractivity contribution in [2.75, 3.05) is 0 Å². The monoisotopic (exact) mass is 392 g/mol. The molecule has 1 atom stereocenters. The Bertz CT molecular complexity index is 280. The molecule has 0 aromatic heterocycles. The molecule has 0 aliphatic carbocycles. The molecule has 1 unspecified atom stereocenters. The summed E-state index contributed by atoms with van der Waals surface area (Å²) in [5, 5.41) is 0. The van der Waals surface area contributed by atoms with Gasteiger partial charge in [-0.05, 0) is 18.8 Å². The van der Waals surface area contributed by atoms with Gasteiger partial charge in [0.1, 0.15) is 0 Å². The van der Waals surface area contributed by atoms with Crippen molar-refractivity contribution in [3.63, 3.8) is 0 Å². The predicted molar refractivity (Wildman–Crippen MR) is 131 cm³/mol. The molecule has 168 valence electrons. The largest absolute Gasteiger partial charge is 0.103 e. The fourth-order valence-electron chi connectivity index (χ4n) is 4.32. The lowest BCUT2D eigenvalue weighted by atomic mass is 9.95. The van der Waals surface area contributed by atoms with E-state index in [2.05, 4.69) is 26.5 Å². The van der Waals surface area contributed by atoms with Gasteiger partial charge >= 0.3 is 0 Å². The first-order chi connectivity index (χ1) is 13.8. The molecule has 0 rings (SSSR count). The van der Waals surface area contributed by atoms with Crippen molar-refractivity contribution in [2.24, 2.45) is 5.92 Å². The first-order valence-electron chi connectivity index (χ1n) is 13.4. The third kappa shape index (κ3) is 23.8. The van der Waals surface area contributed by atoms with Crippen LogP contribution in [0.2, 0.25) is 0 Å². The SMILES string of the molecule is C=CCCCCCCCCCCC(C)CCCCCCCCCCCCCC. The maximum absolute atomic E-state index is 3.79. The van der Waals surface area contributed by atoms with Crippen LogP contribution in [0.15, 0.2) is 12.7 Å². The molecule has 0 heteroatoms. The molecule has 0 aliphatic rings. The fourth-order valence-corrected chi connectivity index (χ4v) is 4.32. The fraction of sp³-hybridized carbons (Fsp3) is 0.929. The van der Waals surface area contributed by atoms with Crippen LogP contribution in [-0.2, 0) is 0 Å². The van der Waals surface area contributed by atoms with Crippen molar-refractivity contribution in [3.05, 3.63) is 12.7 Å². The summed E-state index contributed by atoms with van der Waals surface area (Å²) >= 11 is 0. The summed E-state index contributed by atoms with van der Waals surface area (Å²) in [6.07, 6.45) is 35.3. The van der Waals surface area contributed by atoms with Crippen molar-refractivity contribution in [1.29, 1.82) is 0 Å². The summed E-state index contributed by atoms with van der Waals surface area (Å²) in [7, 11) is 0. The van der Waals surface area contributed by atoms with Crippen LogP contribution in [0.25, 0.3) is 0 Å². The summed E-state index contributed by atoms with van der Waals surface area (Å²) in [4.78, 5) is 0. The molecular weight excluding hydrogens is 336 g/mol. The third-order valence-electron chi connectivity index (χ3n) is 6.41. The van der Waals surface area contributed by atoms with E-state index in [1.54, 1.807) is 0 Å². The Labute approximate surface area is 180 Å². The second-order valence-corrected chi connectivity index (χ2v) is 9.48. The van der Waals surface area contributed by atoms with Crippen LogP contribution in [0.4, 0.5) is 0 Å². The van der Waals surface area contributed by atoms with Crippen LogP contribution in [-0.4, -0.2) is 0 Å². The minimum atomic E-state index is 0.960. The van der Waals surface area contributed by atoms with Gasteiger partial charge in [-0.25, -0.2) is 0 Å². The molecular formula is C28H56. The van der Waals surface area contributed by atoms with E-state index in [4.69, 9.17) is 0 Å². The average molecular weight is 393 g/mol. The van der Waals surface area contributed by atoms with Crippen LogP contribution >= 0.6 is 0 Å². The maximum atomic E-state index is 3.79. The van der Waals surface area contributed by atoms with Gasteiger partial charge in [-0.1, -0.05) is 155 Å². The van der Waals surface area contributed by atoms with Crippen LogP contribution in [0, 0.1) is 5.92 Å². The van der Waals surface area contributed by atoms with Gasteiger partial charge in [0.2, 0.25) is 0 Å². The van der Waals surface area contributed by atoms with E-state index in [0.29, 0.717) is 0 Å². The maximum Gasteiger partial charge on any atom is -0.0353 e. The number of unbranched alkanes of at least 4 members (excludes halogenated alkanes) is 19. The van der Waals surface area contributed by atoms with E-state index < -0.39 is 0 Å². The number of hydrogen-bond acceptors (Lipinski definition) is 0. The van der Waals surface area contributed by atoms with E-state index in [9.17, 15) is 0 Å². The summed E-state index contributed by atoms with van der Waals surface area (Å²) in [5.41, 5.74) is 0. The first kappa shape index (κ1) is 27.7. The van der Waals surface area contributed by atoms with E-state index in [1.807, 2.05) is 0 Å². The van der Waals surface area contributed by atoms with Gasteiger partial charge in [0.15, 0.2) is 0 Å². The van der Waals surface area contributed by atoms with Crippen LogP contribution in [0.3, 0.4) is 0 Å². The minimum absolute atomic E-state index is 0.960. The van der Waals surface area contributed by atoms with Gasteiger partial charge in [-0.3, -0.25) is 0 Å². The van der Waals surface area contributed by atoms with Gasteiger partial charge in [0, 0.05) is 0 Å². The summed E-state index contributed by atoms with van der Waals surface area (Å²) in [5.74, 6) is 0.960. The van der Waals surface area contributed by atoms with Crippen LogP contribution in [0.1, 0.15) is 162 Å². The van der Waals surface area contributed by atoms with E-state index in [1.165, 1.54) is 148 Å². The summed E-state index contributed by atoms with van der Waals surface area (Å²) in [6.45, 7) is 8.58. The molecule has 0 bridgehead atoms. The van der Waals surface area contributed by atoms with Crippen molar-refractivity contribution < 1.29 is 0 Å². The molecule has 0 fully saturated rings. The Kier molecular flexibility index (Phi) is 24.5. The Morgan fingerprint density at radius 1 is 0.500 bits per heavy atom. The van der Waals surface area contributed by atoms with Gasteiger partial charge in [-0.15, -0.1) is 6.58 Å². The van der Waals surface area contributed by atoms with Gasteiger partial charge in [-0.2, -0.15) is 0 Å². The first-order valence-corrected chi connectivity index (χ1v) is 13.4. The van der Waals surface area contributed by atoms with Crippen molar-refractivity contribution in [3.8, 4) is 0 Å². The third-order valence-corrected chi connectivity index (χ3v) is 6.41. The standard InChI is InChI=1S/C28H56/c1-4-6-8-10-12-14-16-17-19-21-23-25-27-28(3)26-24-22-20-18-15-13-11-9-7-5-2/h5,28H,2,4,6-27H2,1,3H3. The van der Waals surface area contributed by atoms with Crippen molar-refractivity contribution in [2.45, 2.75) is 162 Å². The quantitative estimate of drug-likeness (QED) is 0.113. The zero-order valence-electron chi connectivity index (χ0n) is 20.1. The zero-order valence-corrected chi connectivity index (χ0v) is 20.1. The number of allylic oxidation sites excluding steroid dienone is 1. The topological polar surface area (TPSA) is 0 Å². The Balaban J connectivity index is 3.13. The highest BCUT2D eigenvalue weighted by atomic mass is 14.1. The molecule has 0 heterocycles. The van der Waals surface area contributed by atoms with Crippen LogP contribution in [0.5, 0.6) is 0 Å². The summed E-state index contributed by atoms with van der Waals surface area (Å²) in [6, 6.07) is 0. The smallest absolute Gasteiger partial charge is 0.0353 e. The Morgan fingerprint density at radius 3 is 1.18 bits per heavy atom. The van der Waals surface area contributed by atoms with Crippen molar-refractivity contribution in [1.82, 2.24) is 0 Å².